The van der Waals surface area contributed by atoms with Gasteiger partial charge in [0.1, 0.15) is 23.2 Å². The molecule has 0 aliphatic rings. The summed E-state index contributed by atoms with van der Waals surface area (Å²) in [6, 6.07) is 17.4. The van der Waals surface area contributed by atoms with Gasteiger partial charge in [-0.1, -0.05) is 24.3 Å². The number of methoxy groups -OCH3 is 1. The SMILES string of the molecule is COC(=O)c1ccc([C@H](C)Nc2nc(N)nc3oc(C)cc23)cc1.Cc1cc2c(N[C@@H](C)c3ccc(C(=O)O)cc3)nc(N)nc2o1.O.S.S.[Li+].[OH-]. The number of benzene rings is 2. The first kappa shape index (κ1) is 47.0. The molecule has 0 aliphatic carbocycles. The Labute approximate surface area is 324 Å². The van der Waals surface area contributed by atoms with E-state index in [9.17, 15) is 9.59 Å². The van der Waals surface area contributed by atoms with Crippen LogP contribution in [0.1, 0.15) is 69.3 Å². The van der Waals surface area contributed by atoms with E-state index in [2.05, 4.69) is 30.6 Å². The molecule has 19 heteroatoms. The quantitative estimate of drug-likeness (QED) is 0.110. The first-order valence-corrected chi connectivity index (χ1v) is 14.5. The number of ether oxygens (including phenoxy) is 1. The number of hydrogen-bond acceptors (Lipinski definition) is 14. The van der Waals surface area contributed by atoms with E-state index in [1.807, 2.05) is 52.0 Å². The van der Waals surface area contributed by atoms with Crippen LogP contribution in [0.3, 0.4) is 0 Å². The monoisotopic (exact) mass is 748 g/mol. The molecule has 0 fully saturated rings. The van der Waals surface area contributed by atoms with Crippen molar-refractivity contribution in [3.05, 3.63) is 94.4 Å². The molecule has 0 aliphatic heterocycles. The minimum absolute atomic E-state index is 0. The van der Waals surface area contributed by atoms with Gasteiger partial charge in [0.15, 0.2) is 0 Å². The summed E-state index contributed by atoms with van der Waals surface area (Å²) in [6.07, 6.45) is 0. The van der Waals surface area contributed by atoms with Gasteiger partial charge in [0.05, 0.1) is 29.0 Å². The summed E-state index contributed by atoms with van der Waals surface area (Å²) < 4.78 is 15.7. The summed E-state index contributed by atoms with van der Waals surface area (Å²) in [4.78, 5) is 39.0. The van der Waals surface area contributed by atoms with Crippen LogP contribution in [-0.2, 0) is 4.74 Å². The van der Waals surface area contributed by atoms with E-state index in [0.29, 0.717) is 28.6 Å². The van der Waals surface area contributed by atoms with Gasteiger partial charge in [0.25, 0.3) is 0 Å². The molecule has 0 saturated heterocycles. The predicted molar refractivity (Wildman–Crippen MR) is 203 cm³/mol. The summed E-state index contributed by atoms with van der Waals surface area (Å²) in [5.74, 6) is 1.62. The van der Waals surface area contributed by atoms with E-state index >= 15 is 0 Å². The number of carboxylic acid groups (broad SMARTS) is 1. The van der Waals surface area contributed by atoms with Crippen molar-refractivity contribution in [1.82, 2.24) is 19.9 Å². The van der Waals surface area contributed by atoms with Gasteiger partial charge < -0.3 is 51.7 Å². The van der Waals surface area contributed by atoms with Gasteiger partial charge >= 0.3 is 30.8 Å². The number of rotatable bonds is 8. The molecule has 0 amide bonds. The second-order valence-electron chi connectivity index (χ2n) is 10.8. The zero-order valence-electron chi connectivity index (χ0n) is 29.3. The molecule has 2 atom stereocenters. The zero-order valence-corrected chi connectivity index (χ0v) is 31.3. The molecule has 6 aromatic rings. The van der Waals surface area contributed by atoms with E-state index in [0.717, 1.165) is 33.4 Å². The molecule has 4 heterocycles. The number of anilines is 4. The van der Waals surface area contributed by atoms with Gasteiger partial charge in [-0.25, -0.2) is 9.59 Å². The van der Waals surface area contributed by atoms with Crippen LogP contribution in [0.15, 0.2) is 69.5 Å². The Bertz CT molecular complexity index is 2080. The Morgan fingerprint density at radius 1 is 0.731 bits per heavy atom. The van der Waals surface area contributed by atoms with E-state index in [4.69, 9.17) is 30.1 Å². The van der Waals surface area contributed by atoms with Gasteiger partial charge in [-0.05, 0) is 75.2 Å². The Morgan fingerprint density at radius 2 is 1.10 bits per heavy atom. The van der Waals surface area contributed by atoms with E-state index in [1.54, 1.807) is 36.4 Å². The minimum atomic E-state index is -0.948. The number of carbonyl (C=O) groups excluding carboxylic acids is 1. The maximum absolute atomic E-state index is 11.5. The number of carboxylic acids is 1. The number of aromatic carboxylic acids is 1. The number of esters is 1. The van der Waals surface area contributed by atoms with Gasteiger partial charge in [-0.15, -0.1) is 0 Å². The summed E-state index contributed by atoms with van der Waals surface area (Å²) in [5, 5.41) is 17.1. The van der Waals surface area contributed by atoms with Crippen molar-refractivity contribution in [3.8, 4) is 0 Å². The molecule has 0 bridgehead atoms. The van der Waals surface area contributed by atoms with Crippen molar-refractivity contribution < 1.29 is 58.1 Å². The maximum atomic E-state index is 11.5. The van der Waals surface area contributed by atoms with Gasteiger partial charge in [0.2, 0.25) is 23.3 Å². The molecular weight excluding hydrogens is 707 g/mol. The van der Waals surface area contributed by atoms with Gasteiger partial charge in [0, 0.05) is 12.1 Å². The van der Waals surface area contributed by atoms with Crippen LogP contribution >= 0.6 is 27.0 Å². The van der Waals surface area contributed by atoms with E-state index < -0.39 is 5.97 Å². The predicted octanol–water partition coefficient (Wildman–Crippen LogP) is 2.29. The van der Waals surface area contributed by atoms with Crippen molar-refractivity contribution in [1.29, 1.82) is 0 Å². The number of furan rings is 2. The van der Waals surface area contributed by atoms with Crippen LogP contribution in [0.4, 0.5) is 23.5 Å². The topological polar surface area (TPSA) is 279 Å². The Balaban J connectivity index is 0.000000913. The molecule has 4 aromatic heterocycles. The standard InChI is InChI=1S/C17H18N4O3.C16H16N4O3.Li.2H2O.2H2S/c1-9-8-13-14(20-17(18)21-15(13)24-9)19-10(2)11-4-6-12(7-5-11)16(22)23-3;1-8-7-12-13(19-16(17)20-14(12)23-8)18-9(2)10-3-5-11(6-4-10)15(21)22;;;;;/h4-8,10H,1-3H3,(H3,18,19,20,21);3-7,9H,1-2H3,(H,21,22)(H3,17,18,19,20);;4*1H2/q;;+1;;;;/p-1/t10-;9-;;;;;/m00...../s1. The third-order valence-electron chi connectivity index (χ3n) is 7.26. The number of hydrogen-bond donors (Lipinski definition) is 5. The smallest absolute Gasteiger partial charge is 0.870 e. The molecule has 0 spiro atoms. The second kappa shape index (κ2) is 20.2. The number of nitrogens with two attached hydrogens (primary N) is 2. The number of fused-ring (bicyclic) bond motifs is 2. The number of aromatic nitrogens is 4. The average Bonchev–Trinajstić information content (AvgIpc) is 3.61. The van der Waals surface area contributed by atoms with Crippen molar-refractivity contribution in [2.45, 2.75) is 39.8 Å². The van der Waals surface area contributed by atoms with E-state index in [1.165, 1.54) is 7.11 Å². The molecule has 0 unspecified atom stereocenters. The zero-order chi connectivity index (χ0) is 33.8. The minimum Gasteiger partial charge on any atom is -0.870 e. The average molecular weight is 749 g/mol. The second-order valence-corrected chi connectivity index (χ2v) is 10.8. The Hall–Kier alpha value is -4.96. The number of nitrogen functional groups attached to an aromatic ring is 2. The van der Waals surface area contributed by atoms with Crippen LogP contribution in [0.2, 0.25) is 0 Å². The number of aryl methyl sites for hydroxylation is 2. The Kier molecular flexibility index (Phi) is 18.2. The molecule has 6 rings (SSSR count). The molecule has 0 radical (unpaired) electrons. The maximum Gasteiger partial charge on any atom is 1.00 e. The Morgan fingerprint density at radius 3 is 1.44 bits per heavy atom. The fourth-order valence-corrected chi connectivity index (χ4v) is 4.85. The first-order chi connectivity index (χ1) is 22.4. The van der Waals surface area contributed by atoms with Crippen LogP contribution in [0.5, 0.6) is 0 Å². The number of nitrogens with one attached hydrogen (secondary N) is 2. The number of nitrogens with zero attached hydrogens (tertiary/aromatic N) is 4. The molecule has 52 heavy (non-hydrogen) atoms. The first-order valence-electron chi connectivity index (χ1n) is 14.5. The largest absolute Gasteiger partial charge is 1.00 e. The molecular formula is C33H41LiN8O8S2. The van der Waals surface area contributed by atoms with Gasteiger partial charge in [-0.3, -0.25) is 0 Å². The van der Waals surface area contributed by atoms with E-state index in [-0.39, 0.29) is 92.3 Å². The molecule has 16 nitrogen and oxygen atoms in total. The van der Waals surface area contributed by atoms with Crippen LogP contribution in [-0.4, -0.2) is 55.0 Å². The van der Waals surface area contributed by atoms with Gasteiger partial charge in [-0.2, -0.15) is 46.9 Å². The summed E-state index contributed by atoms with van der Waals surface area (Å²) in [5.41, 5.74) is 15.0. The molecule has 0 saturated carbocycles. The van der Waals surface area contributed by atoms with Crippen molar-refractivity contribution in [3.63, 3.8) is 0 Å². The molecule has 2 aromatic carbocycles. The summed E-state index contributed by atoms with van der Waals surface area (Å²) in [6.45, 7) is 7.61. The van der Waals surface area contributed by atoms with Crippen molar-refractivity contribution in [2.75, 3.05) is 29.2 Å². The van der Waals surface area contributed by atoms with Crippen LogP contribution in [0, 0.1) is 13.8 Å². The normalized spacial score (nSPS) is 11.0. The van der Waals surface area contributed by atoms with Crippen molar-refractivity contribution in [2.24, 2.45) is 0 Å². The van der Waals surface area contributed by atoms with Crippen LogP contribution < -0.4 is 41.0 Å². The summed E-state index contributed by atoms with van der Waals surface area (Å²) >= 11 is 0. The fourth-order valence-electron chi connectivity index (χ4n) is 4.85. The van der Waals surface area contributed by atoms with Crippen LogP contribution in [0.25, 0.3) is 22.2 Å². The molecule has 10 N–H and O–H groups in total. The molecule has 274 valence electrons. The summed E-state index contributed by atoms with van der Waals surface area (Å²) in [7, 11) is 1.36. The third-order valence-corrected chi connectivity index (χ3v) is 7.26. The number of carbonyl (C=O) groups is 2. The van der Waals surface area contributed by atoms with Crippen molar-refractivity contribution >= 4 is 84.7 Å². The fraction of sp³-hybridized carbons (Fsp3) is 0.212. The third kappa shape index (κ3) is 11.0.